The lowest BCUT2D eigenvalue weighted by Gasteiger charge is -2.05. The first-order valence-electron chi connectivity index (χ1n) is 4.47. The predicted molar refractivity (Wildman–Crippen MR) is 58.1 cm³/mol. The van der Waals surface area contributed by atoms with Crippen LogP contribution in [0.4, 0.5) is 11.4 Å². The van der Waals surface area contributed by atoms with E-state index in [0.717, 1.165) is 11.3 Å². The van der Waals surface area contributed by atoms with Crippen LogP contribution in [0, 0.1) is 0 Å². The Hall–Kier alpha value is -1.55. The summed E-state index contributed by atoms with van der Waals surface area (Å²) in [7, 11) is 0. The van der Waals surface area contributed by atoms with Crippen molar-refractivity contribution in [2.45, 2.75) is 6.42 Å². The van der Waals surface area contributed by atoms with Gasteiger partial charge in [-0.25, -0.2) is 0 Å². The molecule has 1 aromatic carbocycles. The molecule has 0 saturated carbocycles. The Kier molecular flexibility index (Phi) is 2.60. The van der Waals surface area contributed by atoms with Gasteiger partial charge in [0.15, 0.2) is 0 Å². The van der Waals surface area contributed by atoms with Gasteiger partial charge >= 0.3 is 0 Å². The first-order valence-corrected chi connectivity index (χ1v) is 5.01. The van der Waals surface area contributed by atoms with Gasteiger partial charge < -0.3 is 10.6 Å². The van der Waals surface area contributed by atoms with Crippen LogP contribution in [0.5, 0.6) is 0 Å². The van der Waals surface area contributed by atoms with E-state index in [9.17, 15) is 9.59 Å². The zero-order chi connectivity index (χ0) is 10.8. The lowest BCUT2D eigenvalue weighted by molar-refractivity contribution is -0.115. The highest BCUT2D eigenvalue weighted by molar-refractivity contribution is 6.29. The molecule has 0 fully saturated rings. The van der Waals surface area contributed by atoms with Crippen molar-refractivity contribution < 1.29 is 9.59 Å². The summed E-state index contributed by atoms with van der Waals surface area (Å²) in [6.45, 7) is 0. The van der Waals surface area contributed by atoms with E-state index in [2.05, 4.69) is 10.6 Å². The number of hydrogen-bond acceptors (Lipinski definition) is 2. The Morgan fingerprint density at radius 3 is 3.07 bits per heavy atom. The number of carbonyl (C=O) groups is 2. The van der Waals surface area contributed by atoms with Crippen LogP contribution in [-0.2, 0) is 16.0 Å². The molecule has 1 aliphatic heterocycles. The van der Waals surface area contributed by atoms with E-state index in [1.807, 2.05) is 6.07 Å². The largest absolute Gasteiger partial charge is 0.325 e. The van der Waals surface area contributed by atoms with E-state index in [-0.39, 0.29) is 17.7 Å². The second-order valence-corrected chi connectivity index (χ2v) is 3.55. The molecule has 5 heteroatoms. The minimum Gasteiger partial charge on any atom is -0.325 e. The Bertz CT molecular complexity index is 431. The minimum absolute atomic E-state index is 0.0224. The van der Waals surface area contributed by atoms with Gasteiger partial charge in [-0.15, -0.1) is 11.6 Å². The normalized spacial score (nSPS) is 13.3. The van der Waals surface area contributed by atoms with Gasteiger partial charge in [0.1, 0.15) is 5.88 Å². The van der Waals surface area contributed by atoms with Crippen LogP contribution in [0.2, 0.25) is 0 Å². The van der Waals surface area contributed by atoms with Gasteiger partial charge in [0.25, 0.3) is 0 Å². The van der Waals surface area contributed by atoms with Crippen molar-refractivity contribution in [3.63, 3.8) is 0 Å². The molecule has 15 heavy (non-hydrogen) atoms. The molecular weight excluding hydrogens is 216 g/mol. The summed E-state index contributed by atoms with van der Waals surface area (Å²) in [5, 5.41) is 5.32. The number of alkyl halides is 1. The van der Waals surface area contributed by atoms with Crippen LogP contribution in [-0.4, -0.2) is 17.7 Å². The van der Waals surface area contributed by atoms with E-state index >= 15 is 0 Å². The summed E-state index contributed by atoms with van der Waals surface area (Å²) < 4.78 is 0. The number of nitrogens with one attached hydrogen (secondary N) is 2. The van der Waals surface area contributed by atoms with Crippen molar-refractivity contribution in [3.8, 4) is 0 Å². The summed E-state index contributed by atoms with van der Waals surface area (Å²) in [6.07, 6.45) is 0.402. The van der Waals surface area contributed by atoms with Gasteiger partial charge in [0.05, 0.1) is 6.42 Å². The van der Waals surface area contributed by atoms with E-state index in [1.165, 1.54) is 0 Å². The predicted octanol–water partition coefficient (Wildman–Crippen LogP) is 1.36. The van der Waals surface area contributed by atoms with Crippen LogP contribution in [0.25, 0.3) is 0 Å². The average Bonchev–Trinajstić information content (AvgIpc) is 2.57. The quantitative estimate of drug-likeness (QED) is 0.746. The summed E-state index contributed by atoms with van der Waals surface area (Å²) >= 11 is 5.36. The molecule has 0 radical (unpaired) electrons. The number of fused-ring (bicyclic) bond motifs is 1. The summed E-state index contributed by atoms with van der Waals surface area (Å²) in [5.74, 6) is -0.365. The fourth-order valence-corrected chi connectivity index (χ4v) is 1.55. The highest BCUT2D eigenvalue weighted by Gasteiger charge is 2.17. The first-order chi connectivity index (χ1) is 7.19. The molecule has 4 nitrogen and oxygen atoms in total. The zero-order valence-electron chi connectivity index (χ0n) is 7.84. The lowest BCUT2D eigenvalue weighted by atomic mass is 10.1. The maximum Gasteiger partial charge on any atom is 0.239 e. The molecule has 0 aliphatic carbocycles. The molecular formula is C10H9ClN2O2. The summed E-state index contributed by atoms with van der Waals surface area (Å²) in [4.78, 5) is 22.1. The molecule has 0 spiro atoms. The molecule has 1 aliphatic rings. The minimum atomic E-state index is -0.263. The average molecular weight is 225 g/mol. The van der Waals surface area contributed by atoms with Crippen LogP contribution < -0.4 is 10.6 Å². The molecule has 0 atom stereocenters. The summed E-state index contributed by atoms with van der Waals surface area (Å²) in [6, 6.07) is 5.30. The van der Waals surface area contributed by atoms with E-state index in [0.29, 0.717) is 12.1 Å². The second-order valence-electron chi connectivity index (χ2n) is 3.28. The van der Waals surface area contributed by atoms with Crippen molar-refractivity contribution in [1.82, 2.24) is 0 Å². The monoisotopic (exact) mass is 224 g/mol. The highest BCUT2D eigenvalue weighted by atomic mass is 35.5. The van der Waals surface area contributed by atoms with Crippen molar-refractivity contribution in [2.24, 2.45) is 0 Å². The Morgan fingerprint density at radius 2 is 2.33 bits per heavy atom. The first kappa shape index (κ1) is 9.98. The third kappa shape index (κ3) is 2.10. The Labute approximate surface area is 91.6 Å². The summed E-state index contributed by atoms with van der Waals surface area (Å²) in [5.41, 5.74) is 2.35. The van der Waals surface area contributed by atoms with Crippen molar-refractivity contribution in [2.75, 3.05) is 16.5 Å². The molecule has 1 heterocycles. The van der Waals surface area contributed by atoms with Crippen LogP contribution in [0.3, 0.4) is 0 Å². The number of carbonyl (C=O) groups excluding carboxylic acids is 2. The smallest absolute Gasteiger partial charge is 0.239 e. The van der Waals surface area contributed by atoms with Gasteiger partial charge in [-0.1, -0.05) is 6.07 Å². The molecule has 0 saturated heterocycles. The SMILES string of the molecule is O=C(CCl)Nc1ccc2c(c1)NC(=O)C2. The molecule has 0 unspecified atom stereocenters. The third-order valence-electron chi connectivity index (χ3n) is 2.14. The number of anilines is 2. The van der Waals surface area contributed by atoms with Crippen molar-refractivity contribution in [1.29, 1.82) is 0 Å². The zero-order valence-corrected chi connectivity index (χ0v) is 8.60. The van der Waals surface area contributed by atoms with Crippen LogP contribution >= 0.6 is 11.6 Å². The fourth-order valence-electron chi connectivity index (χ4n) is 1.49. The second kappa shape index (κ2) is 3.90. The van der Waals surface area contributed by atoms with Gasteiger partial charge in [-0.2, -0.15) is 0 Å². The molecule has 0 bridgehead atoms. The molecule has 1 aromatic rings. The fraction of sp³-hybridized carbons (Fsp3) is 0.200. The van der Waals surface area contributed by atoms with Gasteiger partial charge in [-0.3, -0.25) is 9.59 Å². The molecule has 2 amide bonds. The maximum absolute atomic E-state index is 11.1. The standard InChI is InChI=1S/C10H9ClN2O2/c11-5-10(15)12-7-2-1-6-3-9(14)13-8(6)4-7/h1-2,4H,3,5H2,(H,12,15)(H,13,14). The van der Waals surface area contributed by atoms with Crippen LogP contribution in [0.15, 0.2) is 18.2 Å². The van der Waals surface area contributed by atoms with Crippen molar-refractivity contribution >= 4 is 34.8 Å². The van der Waals surface area contributed by atoms with Gasteiger partial charge in [0.2, 0.25) is 11.8 Å². The third-order valence-corrected chi connectivity index (χ3v) is 2.38. The Morgan fingerprint density at radius 1 is 1.53 bits per heavy atom. The maximum atomic E-state index is 11.1. The van der Waals surface area contributed by atoms with Crippen LogP contribution in [0.1, 0.15) is 5.56 Å². The number of halogens is 1. The molecule has 78 valence electrons. The number of amides is 2. The van der Waals surface area contributed by atoms with E-state index in [1.54, 1.807) is 12.1 Å². The topological polar surface area (TPSA) is 58.2 Å². The number of hydrogen-bond donors (Lipinski definition) is 2. The molecule has 2 N–H and O–H groups in total. The number of benzene rings is 1. The van der Waals surface area contributed by atoms with E-state index in [4.69, 9.17) is 11.6 Å². The Balaban J connectivity index is 2.20. The van der Waals surface area contributed by atoms with E-state index < -0.39 is 0 Å². The van der Waals surface area contributed by atoms with Gasteiger partial charge in [-0.05, 0) is 17.7 Å². The highest BCUT2D eigenvalue weighted by Crippen LogP contribution is 2.26. The van der Waals surface area contributed by atoms with Crippen molar-refractivity contribution in [3.05, 3.63) is 23.8 Å². The number of rotatable bonds is 2. The molecule has 0 aromatic heterocycles. The lowest BCUT2D eigenvalue weighted by Crippen LogP contribution is -2.12. The van der Waals surface area contributed by atoms with Gasteiger partial charge in [0, 0.05) is 11.4 Å². The molecule has 2 rings (SSSR count).